The zero-order valence-corrected chi connectivity index (χ0v) is 18.8. The van der Waals surface area contributed by atoms with Crippen LogP contribution in [-0.4, -0.2) is 29.7 Å². The summed E-state index contributed by atoms with van der Waals surface area (Å²) in [5.74, 6) is -0.456. The first-order valence-electron chi connectivity index (χ1n) is 9.89. The molecular formula is C21H40NO2P. The summed E-state index contributed by atoms with van der Waals surface area (Å²) in [6.07, 6.45) is 2.46. The van der Waals surface area contributed by atoms with Gasteiger partial charge in [0.1, 0.15) is 6.10 Å². The fourth-order valence-corrected chi connectivity index (χ4v) is 3.38. The smallest absolute Gasteiger partial charge is 0.163 e. The van der Waals surface area contributed by atoms with Crippen LogP contribution in [0.15, 0.2) is 24.3 Å². The van der Waals surface area contributed by atoms with E-state index in [-0.39, 0.29) is 12.1 Å². The molecule has 3 unspecified atom stereocenters. The topological polar surface area (TPSA) is 21.7 Å². The van der Waals surface area contributed by atoms with Gasteiger partial charge in [0.05, 0.1) is 12.6 Å². The first kappa shape index (κ1) is 24.5. The van der Waals surface area contributed by atoms with Crippen molar-refractivity contribution in [1.29, 1.82) is 0 Å². The normalized spacial score (nSPS) is 23.7. The highest BCUT2D eigenvalue weighted by atomic mass is 31.0. The third kappa shape index (κ3) is 7.35. The number of hydrogen-bond acceptors (Lipinski definition) is 3. The summed E-state index contributed by atoms with van der Waals surface area (Å²) in [5.41, 5.74) is 2.82. The lowest BCUT2D eigenvalue weighted by Gasteiger charge is -2.37. The van der Waals surface area contributed by atoms with Crippen molar-refractivity contribution in [2.24, 2.45) is 0 Å². The number of hydrogen-bond donors (Lipinski definition) is 0. The van der Waals surface area contributed by atoms with Gasteiger partial charge in [-0.2, -0.15) is 0 Å². The molecule has 1 fully saturated rings. The highest BCUT2D eigenvalue weighted by Gasteiger charge is 2.41. The Morgan fingerprint density at radius 3 is 2.20 bits per heavy atom. The van der Waals surface area contributed by atoms with Crippen molar-refractivity contribution in [3.8, 4) is 0 Å². The molecule has 2 aliphatic heterocycles. The van der Waals surface area contributed by atoms with Crippen LogP contribution in [-0.2, 0) is 15.9 Å². The van der Waals surface area contributed by atoms with E-state index in [1.54, 1.807) is 0 Å². The molecular weight excluding hydrogens is 329 g/mol. The molecule has 0 radical (unpaired) electrons. The Morgan fingerprint density at radius 2 is 1.68 bits per heavy atom. The predicted molar refractivity (Wildman–Crippen MR) is 113 cm³/mol. The number of fused-ring (bicyclic) bond motifs is 1. The molecule has 0 bridgehead atoms. The summed E-state index contributed by atoms with van der Waals surface area (Å²) in [7, 11) is 2.84. The molecule has 0 aromatic heterocycles. The molecule has 3 atom stereocenters. The highest BCUT2D eigenvalue weighted by Crippen LogP contribution is 2.39. The summed E-state index contributed by atoms with van der Waals surface area (Å²) in [4.78, 5) is 0. The lowest BCUT2D eigenvalue weighted by Crippen LogP contribution is -2.37. The highest BCUT2D eigenvalue weighted by molar-refractivity contribution is 7.13. The van der Waals surface area contributed by atoms with E-state index in [1.165, 1.54) is 17.5 Å². The standard InChI is InChI=1S/C14H20NO2P.C3H8.2C2H6/c1-14(2)16-9-12(17-14)13-11-6-4-3-5-10(11)7-8-15(13)18;1-3-2;2*1-2/h3-6,12-13H,7-9,18H2,1-2H3;3H2,1-2H3;2*1-2H3. The lowest BCUT2D eigenvalue weighted by molar-refractivity contribution is -0.144. The number of nitrogens with zero attached hydrogens (tertiary/aromatic N) is 1. The molecule has 25 heavy (non-hydrogen) atoms. The zero-order chi connectivity index (χ0) is 19.5. The molecule has 1 aromatic rings. The Morgan fingerprint density at radius 1 is 1.12 bits per heavy atom. The number of rotatable bonds is 1. The minimum Gasteiger partial charge on any atom is -0.348 e. The van der Waals surface area contributed by atoms with Crippen LogP contribution in [0.2, 0.25) is 0 Å². The third-order valence-electron chi connectivity index (χ3n) is 3.75. The quantitative estimate of drug-likeness (QED) is 0.567. The van der Waals surface area contributed by atoms with Gasteiger partial charge in [-0.3, -0.25) is 4.67 Å². The second-order valence-corrected chi connectivity index (χ2v) is 6.87. The van der Waals surface area contributed by atoms with Crippen LogP contribution in [0, 0.1) is 0 Å². The Kier molecular flexibility index (Phi) is 12.6. The lowest BCUT2D eigenvalue weighted by atomic mass is 9.91. The van der Waals surface area contributed by atoms with Gasteiger partial charge >= 0.3 is 0 Å². The maximum atomic E-state index is 6.04. The van der Waals surface area contributed by atoms with Gasteiger partial charge in [0.2, 0.25) is 0 Å². The molecule has 3 nitrogen and oxygen atoms in total. The van der Waals surface area contributed by atoms with E-state index in [0.29, 0.717) is 6.61 Å². The van der Waals surface area contributed by atoms with Gasteiger partial charge in [0.25, 0.3) is 0 Å². The summed E-state index contributed by atoms with van der Waals surface area (Å²) < 4.78 is 14.1. The fourth-order valence-electron chi connectivity index (χ4n) is 2.90. The Hall–Kier alpha value is -0.470. The molecule has 1 saturated heterocycles. The van der Waals surface area contributed by atoms with Crippen molar-refractivity contribution in [2.45, 2.75) is 86.2 Å². The second-order valence-electron chi connectivity index (χ2n) is 6.21. The van der Waals surface area contributed by atoms with Crippen molar-refractivity contribution < 1.29 is 9.47 Å². The van der Waals surface area contributed by atoms with Gasteiger partial charge in [0, 0.05) is 6.54 Å². The van der Waals surface area contributed by atoms with E-state index >= 15 is 0 Å². The molecule has 146 valence electrons. The molecule has 0 spiro atoms. The van der Waals surface area contributed by atoms with E-state index in [0.717, 1.165) is 13.0 Å². The maximum Gasteiger partial charge on any atom is 0.163 e. The summed E-state index contributed by atoms with van der Waals surface area (Å²) in [6.45, 7) is 17.9. The van der Waals surface area contributed by atoms with Crippen molar-refractivity contribution >= 4 is 9.39 Å². The zero-order valence-electron chi connectivity index (χ0n) is 17.6. The van der Waals surface area contributed by atoms with Crippen molar-refractivity contribution in [1.82, 2.24) is 4.67 Å². The molecule has 0 amide bonds. The van der Waals surface area contributed by atoms with Crippen LogP contribution in [0.5, 0.6) is 0 Å². The Labute approximate surface area is 158 Å². The van der Waals surface area contributed by atoms with E-state index in [2.05, 4.69) is 52.2 Å². The van der Waals surface area contributed by atoms with Gasteiger partial charge in [-0.1, -0.05) is 81.6 Å². The third-order valence-corrected chi connectivity index (χ3v) is 4.33. The van der Waals surface area contributed by atoms with Gasteiger partial charge in [-0.25, -0.2) is 0 Å². The average Bonchev–Trinajstić information content (AvgIpc) is 2.98. The van der Waals surface area contributed by atoms with Crippen molar-refractivity contribution in [3.63, 3.8) is 0 Å². The van der Waals surface area contributed by atoms with E-state index in [1.807, 2.05) is 41.5 Å². The van der Waals surface area contributed by atoms with Crippen molar-refractivity contribution in [3.05, 3.63) is 35.4 Å². The monoisotopic (exact) mass is 369 g/mol. The first-order chi connectivity index (χ1) is 12.0. The summed E-state index contributed by atoms with van der Waals surface area (Å²) in [5, 5.41) is 0. The van der Waals surface area contributed by atoms with E-state index in [4.69, 9.17) is 9.47 Å². The molecule has 1 aromatic carbocycles. The molecule has 2 heterocycles. The molecule has 0 N–H and O–H groups in total. The Balaban J connectivity index is 0.000000728. The van der Waals surface area contributed by atoms with Crippen molar-refractivity contribution in [2.75, 3.05) is 13.2 Å². The molecule has 2 aliphatic rings. The SMILES string of the molecule is CC.CC.CC1(C)OCC(C2c3ccccc3CCN2P)O1.CCC. The molecule has 4 heteroatoms. The van der Waals surface area contributed by atoms with E-state index < -0.39 is 5.79 Å². The van der Waals surface area contributed by atoms with Crippen LogP contribution < -0.4 is 0 Å². The number of benzene rings is 1. The maximum absolute atomic E-state index is 6.04. The predicted octanol–water partition coefficient (Wildman–Crippen LogP) is 6.00. The van der Waals surface area contributed by atoms with Gasteiger partial charge in [0.15, 0.2) is 5.79 Å². The summed E-state index contributed by atoms with van der Waals surface area (Å²) in [6, 6.07) is 8.94. The Bertz CT molecular complexity index is 465. The van der Waals surface area contributed by atoms with Gasteiger partial charge in [-0.05, 0) is 31.4 Å². The largest absolute Gasteiger partial charge is 0.348 e. The van der Waals surface area contributed by atoms with Crippen LogP contribution in [0.1, 0.15) is 79.0 Å². The minimum absolute atomic E-state index is 0.110. The number of ether oxygens (including phenoxy) is 2. The molecule has 3 rings (SSSR count). The minimum atomic E-state index is -0.456. The summed E-state index contributed by atoms with van der Waals surface area (Å²) >= 11 is 0. The van der Waals surface area contributed by atoms with Crippen LogP contribution in [0.25, 0.3) is 0 Å². The van der Waals surface area contributed by atoms with Crippen LogP contribution in [0.3, 0.4) is 0 Å². The fraction of sp³-hybridized carbons (Fsp3) is 0.714. The molecule has 0 saturated carbocycles. The van der Waals surface area contributed by atoms with Crippen LogP contribution in [0.4, 0.5) is 0 Å². The average molecular weight is 370 g/mol. The van der Waals surface area contributed by atoms with Gasteiger partial charge in [-0.15, -0.1) is 0 Å². The first-order valence-corrected chi connectivity index (χ1v) is 10.4. The molecule has 0 aliphatic carbocycles. The van der Waals surface area contributed by atoms with Gasteiger partial charge < -0.3 is 9.47 Å². The van der Waals surface area contributed by atoms with E-state index in [9.17, 15) is 0 Å². The van der Waals surface area contributed by atoms with Crippen LogP contribution >= 0.6 is 9.39 Å². The second kappa shape index (κ2) is 12.8.